The molecule has 0 aromatic heterocycles. The third-order valence-electron chi connectivity index (χ3n) is 5.04. The zero-order valence-electron chi connectivity index (χ0n) is 18.0. The fraction of sp³-hybridized carbons (Fsp3) is 0.0800. The molecule has 3 aromatic carbocycles. The number of rotatable bonds is 6. The van der Waals surface area contributed by atoms with Crippen LogP contribution < -0.4 is 4.74 Å². The molecule has 1 saturated heterocycles. The van der Waals surface area contributed by atoms with Gasteiger partial charge in [-0.25, -0.2) is 4.79 Å². The number of para-hydroxylation sites is 1. The van der Waals surface area contributed by atoms with Crippen LogP contribution in [0.2, 0.25) is 0 Å². The predicted octanol–water partition coefficient (Wildman–Crippen LogP) is 5.36. The molecule has 0 radical (unpaired) electrons. The van der Waals surface area contributed by atoms with Gasteiger partial charge in [0.2, 0.25) is 0 Å². The van der Waals surface area contributed by atoms with Gasteiger partial charge in [0, 0.05) is 11.6 Å². The van der Waals surface area contributed by atoms with Crippen LogP contribution >= 0.6 is 11.8 Å². The van der Waals surface area contributed by atoms with Gasteiger partial charge in [0.15, 0.2) is 0 Å². The molecule has 0 saturated carbocycles. The monoisotopic (exact) mass is 474 g/mol. The quantitative estimate of drug-likeness (QED) is 0.156. The first-order valence-corrected chi connectivity index (χ1v) is 11.0. The lowest BCUT2D eigenvalue weighted by atomic mass is 10.1. The summed E-state index contributed by atoms with van der Waals surface area (Å²) in [6.45, 7) is 1.72. The van der Waals surface area contributed by atoms with Crippen molar-refractivity contribution in [1.29, 1.82) is 0 Å². The summed E-state index contributed by atoms with van der Waals surface area (Å²) in [7, 11) is 0. The number of nitrogens with zero attached hydrogens (tertiary/aromatic N) is 2. The SMILES string of the molecule is Cc1ccc(C(=O)Oc2cccc(/C=C3\SC(=O)N(Cc4ccccc4[N+](=O)[O-])C3=O)c2)cc1. The minimum atomic E-state index is -0.548. The lowest BCUT2D eigenvalue weighted by Gasteiger charge is -2.12. The fourth-order valence-corrected chi connectivity index (χ4v) is 4.14. The molecule has 2 amide bonds. The number of carbonyl (C=O) groups is 3. The summed E-state index contributed by atoms with van der Waals surface area (Å²) >= 11 is 0.749. The average molecular weight is 474 g/mol. The number of imide groups is 1. The predicted molar refractivity (Wildman–Crippen MR) is 127 cm³/mol. The number of amides is 2. The van der Waals surface area contributed by atoms with Gasteiger partial charge in [-0.1, -0.05) is 48.0 Å². The highest BCUT2D eigenvalue weighted by molar-refractivity contribution is 8.18. The second-order valence-corrected chi connectivity index (χ2v) is 8.47. The standard InChI is InChI=1S/C25H18N2O6S/c1-16-9-11-18(12-10-16)24(29)33-20-7-4-5-17(13-20)14-22-23(28)26(25(30)34-22)15-19-6-2-3-8-21(19)27(31)32/h2-14H,15H2,1H3/b22-14-. The van der Waals surface area contributed by atoms with Crippen LogP contribution in [0.3, 0.4) is 0 Å². The Morgan fingerprint density at radius 3 is 2.53 bits per heavy atom. The Morgan fingerprint density at radius 1 is 1.06 bits per heavy atom. The number of thioether (sulfide) groups is 1. The Morgan fingerprint density at radius 2 is 1.79 bits per heavy atom. The summed E-state index contributed by atoms with van der Waals surface area (Å²) in [5, 5.41) is 10.7. The Bertz CT molecular complexity index is 1330. The van der Waals surface area contributed by atoms with Crippen molar-refractivity contribution in [2.75, 3.05) is 0 Å². The maximum Gasteiger partial charge on any atom is 0.343 e. The van der Waals surface area contributed by atoms with E-state index in [9.17, 15) is 24.5 Å². The van der Waals surface area contributed by atoms with Crippen molar-refractivity contribution in [2.45, 2.75) is 13.5 Å². The summed E-state index contributed by atoms with van der Waals surface area (Å²) in [5.41, 5.74) is 2.10. The van der Waals surface area contributed by atoms with Gasteiger partial charge >= 0.3 is 5.97 Å². The Kier molecular flexibility index (Phi) is 6.55. The van der Waals surface area contributed by atoms with E-state index < -0.39 is 22.0 Å². The highest BCUT2D eigenvalue weighted by Crippen LogP contribution is 2.34. The molecule has 34 heavy (non-hydrogen) atoms. The molecule has 0 atom stereocenters. The molecule has 1 fully saturated rings. The number of nitro groups is 1. The Balaban J connectivity index is 1.51. The largest absolute Gasteiger partial charge is 0.423 e. The van der Waals surface area contributed by atoms with E-state index in [1.54, 1.807) is 42.5 Å². The summed E-state index contributed by atoms with van der Waals surface area (Å²) in [6, 6.07) is 19.5. The average Bonchev–Trinajstić information content (AvgIpc) is 3.07. The fourth-order valence-electron chi connectivity index (χ4n) is 3.30. The normalized spacial score (nSPS) is 14.5. The van der Waals surface area contributed by atoms with Gasteiger partial charge in [0.1, 0.15) is 5.75 Å². The lowest BCUT2D eigenvalue weighted by Crippen LogP contribution is -2.27. The summed E-state index contributed by atoms with van der Waals surface area (Å²) in [5.74, 6) is -0.768. The molecule has 4 rings (SSSR count). The Hall–Kier alpha value is -4.24. The van der Waals surface area contributed by atoms with Crippen LogP contribution in [0.4, 0.5) is 10.5 Å². The first-order valence-electron chi connectivity index (χ1n) is 10.2. The van der Waals surface area contributed by atoms with Crippen LogP contribution in [-0.4, -0.2) is 26.9 Å². The van der Waals surface area contributed by atoms with E-state index in [1.807, 2.05) is 19.1 Å². The summed E-state index contributed by atoms with van der Waals surface area (Å²) in [4.78, 5) is 49.5. The molecule has 8 nitrogen and oxygen atoms in total. The molecular formula is C25H18N2O6S. The van der Waals surface area contributed by atoms with E-state index in [0.717, 1.165) is 22.2 Å². The van der Waals surface area contributed by atoms with E-state index in [0.29, 0.717) is 16.9 Å². The van der Waals surface area contributed by atoms with E-state index in [-0.39, 0.29) is 22.7 Å². The van der Waals surface area contributed by atoms with Gasteiger partial charge in [0.25, 0.3) is 16.8 Å². The number of carbonyl (C=O) groups excluding carboxylic acids is 3. The van der Waals surface area contributed by atoms with Gasteiger partial charge in [-0.15, -0.1) is 0 Å². The van der Waals surface area contributed by atoms with E-state index in [4.69, 9.17) is 4.74 Å². The molecular weight excluding hydrogens is 456 g/mol. The maximum absolute atomic E-state index is 12.8. The molecule has 0 N–H and O–H groups in total. The van der Waals surface area contributed by atoms with Gasteiger partial charge in [-0.2, -0.15) is 0 Å². The summed E-state index contributed by atoms with van der Waals surface area (Å²) in [6.07, 6.45) is 1.52. The van der Waals surface area contributed by atoms with Crippen LogP contribution in [0.1, 0.15) is 27.0 Å². The second kappa shape index (κ2) is 9.72. The molecule has 0 bridgehead atoms. The maximum atomic E-state index is 12.8. The summed E-state index contributed by atoms with van der Waals surface area (Å²) < 4.78 is 5.43. The molecule has 0 spiro atoms. The number of hydrogen-bond acceptors (Lipinski definition) is 7. The van der Waals surface area contributed by atoms with E-state index >= 15 is 0 Å². The second-order valence-electron chi connectivity index (χ2n) is 7.48. The number of benzene rings is 3. The minimum absolute atomic E-state index is 0.159. The third-order valence-corrected chi connectivity index (χ3v) is 5.95. The van der Waals surface area contributed by atoms with Crippen molar-refractivity contribution >= 4 is 40.6 Å². The van der Waals surface area contributed by atoms with Crippen molar-refractivity contribution in [2.24, 2.45) is 0 Å². The lowest BCUT2D eigenvalue weighted by molar-refractivity contribution is -0.385. The zero-order chi connectivity index (χ0) is 24.2. The third kappa shape index (κ3) is 5.05. The van der Waals surface area contributed by atoms with Crippen molar-refractivity contribution in [1.82, 2.24) is 4.90 Å². The minimum Gasteiger partial charge on any atom is -0.423 e. The molecule has 9 heteroatoms. The van der Waals surface area contributed by atoms with Crippen molar-refractivity contribution in [3.8, 4) is 5.75 Å². The van der Waals surface area contributed by atoms with Gasteiger partial charge in [-0.05, 0) is 54.6 Å². The first kappa shape index (κ1) is 22.9. The van der Waals surface area contributed by atoms with Crippen LogP contribution in [-0.2, 0) is 11.3 Å². The van der Waals surface area contributed by atoms with E-state index in [1.165, 1.54) is 24.3 Å². The number of ether oxygens (including phenoxy) is 1. The number of esters is 1. The number of hydrogen-bond donors (Lipinski definition) is 0. The van der Waals surface area contributed by atoms with Crippen LogP contribution in [0.5, 0.6) is 5.75 Å². The molecule has 0 unspecified atom stereocenters. The van der Waals surface area contributed by atoms with Crippen LogP contribution in [0, 0.1) is 17.0 Å². The molecule has 1 aliphatic heterocycles. The van der Waals surface area contributed by atoms with E-state index in [2.05, 4.69) is 0 Å². The Labute approximate surface area is 199 Å². The molecule has 1 heterocycles. The van der Waals surface area contributed by atoms with Gasteiger partial charge in [0.05, 0.1) is 21.9 Å². The van der Waals surface area contributed by atoms with Crippen molar-refractivity contribution in [3.05, 3.63) is 110 Å². The van der Waals surface area contributed by atoms with Crippen LogP contribution in [0.25, 0.3) is 6.08 Å². The topological polar surface area (TPSA) is 107 Å². The molecule has 0 aliphatic carbocycles. The number of aryl methyl sites for hydroxylation is 1. The van der Waals surface area contributed by atoms with Crippen molar-refractivity contribution in [3.63, 3.8) is 0 Å². The molecule has 3 aromatic rings. The highest BCUT2D eigenvalue weighted by Gasteiger charge is 2.36. The zero-order valence-corrected chi connectivity index (χ0v) is 18.8. The van der Waals surface area contributed by atoms with Crippen LogP contribution in [0.15, 0.2) is 77.7 Å². The van der Waals surface area contributed by atoms with Gasteiger partial charge < -0.3 is 4.74 Å². The van der Waals surface area contributed by atoms with Gasteiger partial charge in [-0.3, -0.25) is 24.6 Å². The molecule has 1 aliphatic rings. The highest BCUT2D eigenvalue weighted by atomic mass is 32.2. The first-order chi connectivity index (χ1) is 16.3. The smallest absolute Gasteiger partial charge is 0.343 e. The number of nitro benzene ring substituents is 1. The molecule has 170 valence electrons. The van der Waals surface area contributed by atoms with Crippen molar-refractivity contribution < 1.29 is 24.0 Å².